The van der Waals surface area contributed by atoms with Crippen LogP contribution in [-0.4, -0.2) is 39.7 Å². The second-order valence-electron chi connectivity index (χ2n) is 8.15. The van der Waals surface area contributed by atoms with Gasteiger partial charge in [0.05, 0.1) is 17.5 Å². The van der Waals surface area contributed by atoms with E-state index in [1.165, 1.54) is 6.20 Å². The molecule has 1 aromatic carbocycles. The van der Waals surface area contributed by atoms with E-state index in [4.69, 9.17) is 4.74 Å². The molecule has 0 radical (unpaired) electrons. The average Bonchev–Trinajstić information content (AvgIpc) is 3.09. The average molecular weight is 413 g/mol. The van der Waals surface area contributed by atoms with Crippen LogP contribution in [0.25, 0.3) is 11.3 Å². The number of aromatic amines is 1. The van der Waals surface area contributed by atoms with E-state index in [-0.39, 0.29) is 17.6 Å². The normalized spacial score (nSPS) is 16.2. The van der Waals surface area contributed by atoms with Gasteiger partial charge in [-0.25, -0.2) is 14.2 Å². The molecule has 158 valence electrons. The molecule has 1 N–H and O–H groups in total. The number of carbonyl (C=O) groups excluding carboxylic acids is 1. The Morgan fingerprint density at radius 2 is 1.83 bits per heavy atom. The van der Waals surface area contributed by atoms with Gasteiger partial charge >= 0.3 is 12.3 Å². The van der Waals surface area contributed by atoms with Crippen molar-refractivity contribution in [2.45, 2.75) is 51.3 Å². The van der Waals surface area contributed by atoms with Gasteiger partial charge in [0.2, 0.25) is 0 Å². The number of hydrogen-bond donors (Lipinski definition) is 1. The molecule has 1 saturated heterocycles. The van der Waals surface area contributed by atoms with Gasteiger partial charge < -0.3 is 14.6 Å². The third-order valence-electron chi connectivity index (χ3n) is 4.66. The summed E-state index contributed by atoms with van der Waals surface area (Å²) in [5.74, 6) is -0.323. The zero-order valence-electron chi connectivity index (χ0n) is 16.4. The maximum atomic E-state index is 13.7. The first-order valence-corrected chi connectivity index (χ1v) is 9.33. The number of piperidine rings is 1. The number of rotatable bonds is 2. The highest BCUT2D eigenvalue weighted by atomic mass is 19.4. The van der Waals surface area contributed by atoms with Crippen molar-refractivity contribution in [3.05, 3.63) is 41.6 Å². The standard InChI is InChI=1S/C20H23F4N3O2/c1-19(2,3)29-18(28)27-6-4-12(5-7-27)17-25-11-16(26-17)13-8-14(20(22,23)24)10-15(21)9-13/h8-12H,4-7H2,1-3H3,(H,25,26). The molecule has 3 rings (SSSR count). The Hall–Kier alpha value is -2.58. The van der Waals surface area contributed by atoms with E-state index in [9.17, 15) is 22.4 Å². The lowest BCUT2D eigenvalue weighted by Crippen LogP contribution is -2.41. The van der Waals surface area contributed by atoms with Gasteiger partial charge in [-0.2, -0.15) is 13.2 Å². The Bertz CT molecular complexity index is 879. The zero-order valence-corrected chi connectivity index (χ0v) is 16.4. The fourth-order valence-electron chi connectivity index (χ4n) is 3.26. The van der Waals surface area contributed by atoms with Gasteiger partial charge in [-0.05, 0) is 51.8 Å². The molecule has 5 nitrogen and oxygen atoms in total. The van der Waals surface area contributed by atoms with E-state index in [0.717, 1.165) is 12.1 Å². The fourth-order valence-corrected chi connectivity index (χ4v) is 3.26. The number of aromatic nitrogens is 2. The molecule has 1 aliphatic rings. The lowest BCUT2D eigenvalue weighted by molar-refractivity contribution is -0.137. The number of H-pyrrole nitrogens is 1. The van der Waals surface area contributed by atoms with Crippen molar-refractivity contribution in [3.8, 4) is 11.3 Å². The van der Waals surface area contributed by atoms with Crippen LogP contribution < -0.4 is 0 Å². The molecule has 0 spiro atoms. The number of nitrogens with zero attached hydrogens (tertiary/aromatic N) is 2. The van der Waals surface area contributed by atoms with Crippen LogP contribution in [0.1, 0.15) is 50.9 Å². The van der Waals surface area contributed by atoms with Crippen LogP contribution in [0, 0.1) is 5.82 Å². The largest absolute Gasteiger partial charge is 0.444 e. The third kappa shape index (κ3) is 5.27. The molecular formula is C20H23F4N3O2. The van der Waals surface area contributed by atoms with E-state index in [1.807, 2.05) is 0 Å². The molecule has 29 heavy (non-hydrogen) atoms. The van der Waals surface area contributed by atoms with Crippen molar-refractivity contribution >= 4 is 6.09 Å². The Morgan fingerprint density at radius 3 is 2.41 bits per heavy atom. The molecule has 0 atom stereocenters. The quantitative estimate of drug-likeness (QED) is 0.676. The summed E-state index contributed by atoms with van der Waals surface area (Å²) >= 11 is 0. The van der Waals surface area contributed by atoms with E-state index in [1.54, 1.807) is 25.7 Å². The lowest BCUT2D eigenvalue weighted by atomic mass is 9.96. The van der Waals surface area contributed by atoms with Gasteiger partial charge in [-0.3, -0.25) is 0 Å². The molecule has 0 unspecified atom stereocenters. The first-order valence-electron chi connectivity index (χ1n) is 9.33. The summed E-state index contributed by atoms with van der Waals surface area (Å²) in [5.41, 5.74) is -1.21. The summed E-state index contributed by atoms with van der Waals surface area (Å²) in [6, 6.07) is 2.40. The molecule has 1 fully saturated rings. The minimum atomic E-state index is -4.63. The predicted octanol–water partition coefficient (Wildman–Crippen LogP) is 5.35. The number of halogens is 4. The Balaban J connectivity index is 1.69. The molecular weight excluding hydrogens is 390 g/mol. The van der Waals surface area contributed by atoms with Crippen molar-refractivity contribution in [1.82, 2.24) is 14.9 Å². The molecule has 0 bridgehead atoms. The second kappa shape index (κ2) is 7.68. The van der Waals surface area contributed by atoms with Crippen molar-refractivity contribution in [3.63, 3.8) is 0 Å². The SMILES string of the molecule is CC(C)(C)OC(=O)N1CCC(c2ncc(-c3cc(F)cc(C(F)(F)F)c3)[nH]2)CC1. The van der Waals surface area contributed by atoms with Gasteiger partial charge in [0.25, 0.3) is 0 Å². The highest BCUT2D eigenvalue weighted by Crippen LogP contribution is 2.34. The number of ether oxygens (including phenoxy) is 1. The van der Waals surface area contributed by atoms with E-state index in [0.29, 0.717) is 43.5 Å². The van der Waals surface area contributed by atoms with Gasteiger partial charge in [0.1, 0.15) is 17.2 Å². The van der Waals surface area contributed by atoms with Crippen LogP contribution in [0.2, 0.25) is 0 Å². The van der Waals surface area contributed by atoms with E-state index in [2.05, 4.69) is 9.97 Å². The van der Waals surface area contributed by atoms with Crippen LogP contribution in [-0.2, 0) is 10.9 Å². The number of likely N-dealkylation sites (tertiary alicyclic amines) is 1. The highest BCUT2D eigenvalue weighted by molar-refractivity contribution is 5.68. The highest BCUT2D eigenvalue weighted by Gasteiger charge is 2.32. The molecule has 1 amide bonds. The summed E-state index contributed by atoms with van der Waals surface area (Å²) in [6.45, 7) is 6.40. The second-order valence-corrected chi connectivity index (χ2v) is 8.15. The maximum absolute atomic E-state index is 13.7. The van der Waals surface area contributed by atoms with Crippen molar-refractivity contribution in [2.24, 2.45) is 0 Å². The first kappa shape index (κ1) is 21.1. The number of alkyl halides is 3. The van der Waals surface area contributed by atoms with Gasteiger partial charge in [0, 0.05) is 24.6 Å². The van der Waals surface area contributed by atoms with Crippen LogP contribution in [0.5, 0.6) is 0 Å². The lowest BCUT2D eigenvalue weighted by Gasteiger charge is -2.32. The fraction of sp³-hybridized carbons (Fsp3) is 0.500. The summed E-state index contributed by atoms with van der Waals surface area (Å²) < 4.78 is 57.8. The predicted molar refractivity (Wildman–Crippen MR) is 98.8 cm³/mol. The van der Waals surface area contributed by atoms with Crippen LogP contribution in [0.15, 0.2) is 24.4 Å². The number of benzene rings is 1. The van der Waals surface area contributed by atoms with Crippen molar-refractivity contribution in [2.75, 3.05) is 13.1 Å². The number of hydrogen-bond acceptors (Lipinski definition) is 3. The molecule has 0 saturated carbocycles. The number of amides is 1. The Kier molecular flexibility index (Phi) is 5.60. The molecule has 1 aliphatic heterocycles. The maximum Gasteiger partial charge on any atom is 0.416 e. The summed E-state index contributed by atoms with van der Waals surface area (Å²) in [6.07, 6.45) is -2.30. The van der Waals surface area contributed by atoms with E-state index < -0.39 is 23.2 Å². The van der Waals surface area contributed by atoms with Crippen molar-refractivity contribution < 1.29 is 27.1 Å². The number of carbonyl (C=O) groups is 1. The number of nitrogens with one attached hydrogen (secondary N) is 1. The molecule has 9 heteroatoms. The van der Waals surface area contributed by atoms with Crippen LogP contribution >= 0.6 is 0 Å². The molecule has 1 aromatic heterocycles. The van der Waals surface area contributed by atoms with E-state index >= 15 is 0 Å². The van der Waals surface area contributed by atoms with Gasteiger partial charge in [0.15, 0.2) is 0 Å². The summed E-state index contributed by atoms with van der Waals surface area (Å²) in [7, 11) is 0. The molecule has 2 heterocycles. The zero-order chi connectivity index (χ0) is 21.4. The number of imidazole rings is 1. The molecule has 0 aliphatic carbocycles. The summed E-state index contributed by atoms with van der Waals surface area (Å²) in [4.78, 5) is 21.1. The Morgan fingerprint density at radius 1 is 1.17 bits per heavy atom. The topological polar surface area (TPSA) is 58.2 Å². The van der Waals surface area contributed by atoms with Gasteiger partial charge in [-0.15, -0.1) is 0 Å². The minimum absolute atomic E-state index is 0.0260. The summed E-state index contributed by atoms with van der Waals surface area (Å²) in [5, 5.41) is 0. The Labute approximate surface area is 166 Å². The molecule has 2 aromatic rings. The minimum Gasteiger partial charge on any atom is -0.444 e. The third-order valence-corrected chi connectivity index (χ3v) is 4.66. The van der Waals surface area contributed by atoms with Gasteiger partial charge in [-0.1, -0.05) is 0 Å². The van der Waals surface area contributed by atoms with Crippen LogP contribution in [0.4, 0.5) is 22.4 Å². The monoisotopic (exact) mass is 413 g/mol. The van der Waals surface area contributed by atoms with Crippen LogP contribution in [0.3, 0.4) is 0 Å². The first-order chi connectivity index (χ1) is 13.4. The smallest absolute Gasteiger partial charge is 0.416 e. The van der Waals surface area contributed by atoms with Crippen molar-refractivity contribution in [1.29, 1.82) is 0 Å².